The maximum absolute atomic E-state index is 12.6. The smallest absolute Gasteiger partial charge is 0.409 e. The predicted octanol–water partition coefficient (Wildman–Crippen LogP) is 1.32. The van der Waals surface area contributed by atoms with Crippen molar-refractivity contribution in [3.05, 3.63) is 23.8 Å². The van der Waals surface area contributed by atoms with Crippen molar-refractivity contribution in [1.82, 2.24) is 9.80 Å². The van der Waals surface area contributed by atoms with Crippen LogP contribution in [-0.4, -0.2) is 66.8 Å². The molecule has 1 saturated heterocycles. The van der Waals surface area contributed by atoms with E-state index in [1.165, 1.54) is 13.2 Å². The highest BCUT2D eigenvalue weighted by atomic mass is 16.6. The fourth-order valence-electron chi connectivity index (χ4n) is 2.37. The molecule has 0 bridgehead atoms. The van der Waals surface area contributed by atoms with Crippen LogP contribution in [0.25, 0.3) is 0 Å². The van der Waals surface area contributed by atoms with Crippen LogP contribution in [0.15, 0.2) is 18.2 Å². The summed E-state index contributed by atoms with van der Waals surface area (Å²) in [5.41, 5.74) is 0.148. The van der Waals surface area contributed by atoms with Crippen molar-refractivity contribution in [3.63, 3.8) is 0 Å². The summed E-state index contributed by atoms with van der Waals surface area (Å²) in [6.07, 6.45) is -0.366. The normalized spacial score (nSPS) is 14.6. The third-order valence-corrected chi connectivity index (χ3v) is 3.53. The molecule has 1 aliphatic heterocycles. The van der Waals surface area contributed by atoms with Crippen LogP contribution >= 0.6 is 0 Å². The van der Waals surface area contributed by atoms with Crippen LogP contribution < -0.4 is 4.74 Å². The molecule has 1 aliphatic rings. The fraction of sp³-hybridized carbons (Fsp3) is 0.467. The quantitative estimate of drug-likeness (QED) is 0.911. The third kappa shape index (κ3) is 3.24. The molecule has 1 heterocycles. The number of hydrogen-bond acceptors (Lipinski definition) is 5. The van der Waals surface area contributed by atoms with Gasteiger partial charge in [-0.1, -0.05) is 6.07 Å². The van der Waals surface area contributed by atoms with Crippen molar-refractivity contribution < 1.29 is 24.2 Å². The van der Waals surface area contributed by atoms with E-state index in [-0.39, 0.29) is 23.3 Å². The summed E-state index contributed by atoms with van der Waals surface area (Å²) in [5, 5.41) is 9.92. The highest BCUT2D eigenvalue weighted by molar-refractivity contribution is 5.99. The first-order chi connectivity index (χ1) is 10.6. The number of hydrogen-bond donors (Lipinski definition) is 1. The molecule has 1 fully saturated rings. The number of methoxy groups -OCH3 is 1. The second-order valence-electron chi connectivity index (χ2n) is 4.83. The number of piperazine rings is 1. The molecule has 2 amide bonds. The van der Waals surface area contributed by atoms with Crippen LogP contribution in [0.1, 0.15) is 17.3 Å². The van der Waals surface area contributed by atoms with Gasteiger partial charge >= 0.3 is 6.09 Å². The molecule has 0 radical (unpaired) electrons. The first-order valence-electron chi connectivity index (χ1n) is 7.15. The molecule has 0 aromatic heterocycles. The molecule has 120 valence electrons. The number of amides is 2. The predicted molar refractivity (Wildman–Crippen MR) is 79.2 cm³/mol. The zero-order valence-corrected chi connectivity index (χ0v) is 12.7. The van der Waals surface area contributed by atoms with Crippen LogP contribution in [0.5, 0.6) is 11.5 Å². The summed E-state index contributed by atoms with van der Waals surface area (Å²) >= 11 is 0. The Balaban J connectivity index is 2.06. The number of nitrogens with zero attached hydrogens (tertiary/aromatic N) is 2. The van der Waals surface area contributed by atoms with E-state index in [9.17, 15) is 14.7 Å². The number of phenolic OH excluding ortho intramolecular Hbond substituents is 1. The minimum absolute atomic E-state index is 0.114. The van der Waals surface area contributed by atoms with Gasteiger partial charge in [0.25, 0.3) is 5.91 Å². The Bertz CT molecular complexity index is 553. The lowest BCUT2D eigenvalue weighted by Crippen LogP contribution is -2.50. The minimum atomic E-state index is -0.366. The van der Waals surface area contributed by atoms with E-state index >= 15 is 0 Å². The zero-order valence-electron chi connectivity index (χ0n) is 12.7. The van der Waals surface area contributed by atoms with Gasteiger partial charge in [0.15, 0.2) is 0 Å². The van der Waals surface area contributed by atoms with E-state index < -0.39 is 0 Å². The van der Waals surface area contributed by atoms with Gasteiger partial charge in [-0.15, -0.1) is 0 Å². The molecule has 1 aromatic carbocycles. The van der Waals surface area contributed by atoms with E-state index in [0.29, 0.717) is 38.5 Å². The van der Waals surface area contributed by atoms with Crippen LogP contribution in [0, 0.1) is 0 Å². The second-order valence-corrected chi connectivity index (χ2v) is 4.83. The molecule has 0 aliphatic carbocycles. The molecular formula is C15H20N2O5. The van der Waals surface area contributed by atoms with Gasteiger partial charge in [-0.25, -0.2) is 4.79 Å². The van der Waals surface area contributed by atoms with Gasteiger partial charge in [0.05, 0.1) is 13.7 Å². The molecule has 1 aromatic rings. The first-order valence-corrected chi connectivity index (χ1v) is 7.15. The summed E-state index contributed by atoms with van der Waals surface area (Å²) in [5.74, 6) is -0.0894. The number of rotatable bonds is 3. The average Bonchev–Trinajstić information content (AvgIpc) is 2.54. The number of carbonyl (C=O) groups excluding carboxylic acids is 2. The molecule has 7 nitrogen and oxygen atoms in total. The number of phenols is 1. The Kier molecular flexibility index (Phi) is 5.08. The zero-order chi connectivity index (χ0) is 16.1. The van der Waals surface area contributed by atoms with Gasteiger partial charge in [-0.05, 0) is 19.1 Å². The van der Waals surface area contributed by atoms with Crippen molar-refractivity contribution in [3.8, 4) is 11.5 Å². The SMILES string of the molecule is CCOC(=O)N1CCN(C(=O)c2c(O)cccc2OC)CC1. The van der Waals surface area contributed by atoms with Gasteiger partial charge < -0.3 is 24.4 Å². The van der Waals surface area contributed by atoms with Crippen molar-refractivity contribution in [1.29, 1.82) is 0 Å². The summed E-state index contributed by atoms with van der Waals surface area (Å²) in [4.78, 5) is 27.3. The van der Waals surface area contributed by atoms with Gasteiger partial charge in [0.1, 0.15) is 17.1 Å². The topological polar surface area (TPSA) is 79.3 Å². The van der Waals surface area contributed by atoms with Gasteiger partial charge in [-0.2, -0.15) is 0 Å². The highest BCUT2D eigenvalue weighted by Gasteiger charge is 2.28. The Labute approximate surface area is 129 Å². The maximum Gasteiger partial charge on any atom is 0.409 e. The van der Waals surface area contributed by atoms with E-state index in [1.54, 1.807) is 28.9 Å². The lowest BCUT2D eigenvalue weighted by Gasteiger charge is -2.34. The minimum Gasteiger partial charge on any atom is -0.507 e. The fourth-order valence-corrected chi connectivity index (χ4v) is 2.37. The highest BCUT2D eigenvalue weighted by Crippen LogP contribution is 2.28. The molecule has 0 unspecified atom stereocenters. The summed E-state index contributed by atoms with van der Waals surface area (Å²) in [7, 11) is 1.45. The van der Waals surface area contributed by atoms with Gasteiger partial charge in [0, 0.05) is 26.2 Å². The maximum atomic E-state index is 12.6. The Hall–Kier alpha value is -2.44. The van der Waals surface area contributed by atoms with Gasteiger partial charge in [-0.3, -0.25) is 4.79 Å². The second kappa shape index (κ2) is 7.02. The summed E-state index contributed by atoms with van der Waals surface area (Å²) in [6.45, 7) is 3.65. The number of aromatic hydroxyl groups is 1. The largest absolute Gasteiger partial charge is 0.507 e. The lowest BCUT2D eigenvalue weighted by atomic mass is 10.1. The van der Waals surface area contributed by atoms with Crippen molar-refractivity contribution >= 4 is 12.0 Å². The molecule has 1 N–H and O–H groups in total. The Morgan fingerprint density at radius 1 is 1.18 bits per heavy atom. The average molecular weight is 308 g/mol. The lowest BCUT2D eigenvalue weighted by molar-refractivity contribution is 0.0565. The van der Waals surface area contributed by atoms with Gasteiger partial charge in [0.2, 0.25) is 0 Å². The molecule has 0 saturated carbocycles. The molecule has 7 heteroatoms. The van der Waals surface area contributed by atoms with E-state index in [2.05, 4.69) is 0 Å². The number of carbonyl (C=O) groups is 2. The molecular weight excluding hydrogens is 288 g/mol. The molecule has 22 heavy (non-hydrogen) atoms. The van der Waals surface area contributed by atoms with E-state index in [4.69, 9.17) is 9.47 Å². The van der Waals surface area contributed by atoms with Crippen LogP contribution in [0.4, 0.5) is 4.79 Å². The van der Waals surface area contributed by atoms with Crippen LogP contribution in [0.2, 0.25) is 0 Å². The van der Waals surface area contributed by atoms with Crippen molar-refractivity contribution in [2.24, 2.45) is 0 Å². The third-order valence-electron chi connectivity index (χ3n) is 3.53. The molecule has 2 rings (SSSR count). The van der Waals surface area contributed by atoms with E-state index in [1.807, 2.05) is 0 Å². The number of benzene rings is 1. The first kappa shape index (κ1) is 15.9. The summed E-state index contributed by atoms with van der Waals surface area (Å²) < 4.78 is 10.1. The Morgan fingerprint density at radius 2 is 1.82 bits per heavy atom. The van der Waals surface area contributed by atoms with Crippen LogP contribution in [0.3, 0.4) is 0 Å². The number of ether oxygens (including phenoxy) is 2. The van der Waals surface area contributed by atoms with Crippen molar-refractivity contribution in [2.75, 3.05) is 39.9 Å². The molecule has 0 atom stereocenters. The standard InChI is InChI=1S/C15H20N2O5/c1-3-22-15(20)17-9-7-16(8-10-17)14(19)13-11(18)5-4-6-12(13)21-2/h4-6,18H,3,7-10H2,1-2H3. The van der Waals surface area contributed by atoms with Crippen molar-refractivity contribution in [2.45, 2.75) is 6.92 Å². The Morgan fingerprint density at radius 3 is 2.41 bits per heavy atom. The summed E-state index contributed by atoms with van der Waals surface area (Å²) in [6, 6.07) is 4.69. The van der Waals surface area contributed by atoms with E-state index in [0.717, 1.165) is 0 Å². The van der Waals surface area contributed by atoms with Crippen LogP contribution in [-0.2, 0) is 4.74 Å². The molecule has 0 spiro atoms. The monoisotopic (exact) mass is 308 g/mol.